The highest BCUT2D eigenvalue weighted by atomic mass is 32.2. The maximum atomic E-state index is 13.8. The van der Waals surface area contributed by atoms with Gasteiger partial charge in [0, 0.05) is 21.5 Å². The standard InChI is InChI=1S/C29H29N3O3S.H2O.2H2/c1-3-32(25-18-17-23-14-8-9-15-24(23)20-25)28(33)26(19-22-12-5-4-6-13-22)30-29(34)31-36(35)27-16-10-7-11-21(27)2;;;/h4-18,20,26H,3,19H2,1-2H3,(H2,30,31,34);1H2;2*1H/t26-,36?;;;/m0.../s1. The van der Waals surface area contributed by atoms with Crippen LogP contribution in [0, 0.1) is 6.92 Å². The molecule has 0 fully saturated rings. The fourth-order valence-electron chi connectivity index (χ4n) is 4.14. The highest BCUT2D eigenvalue weighted by Gasteiger charge is 2.27. The molecule has 0 aliphatic carbocycles. The van der Waals surface area contributed by atoms with Crippen molar-refractivity contribution in [1.82, 2.24) is 10.0 Å². The summed E-state index contributed by atoms with van der Waals surface area (Å²) in [4.78, 5) is 28.8. The number of carbonyl (C=O) groups excluding carboxylic acids is 2. The first-order valence-electron chi connectivity index (χ1n) is 11.8. The van der Waals surface area contributed by atoms with Gasteiger partial charge in [-0.2, -0.15) is 0 Å². The van der Waals surface area contributed by atoms with Crippen LogP contribution < -0.4 is 14.9 Å². The van der Waals surface area contributed by atoms with Crippen LogP contribution in [0.2, 0.25) is 0 Å². The van der Waals surface area contributed by atoms with Crippen LogP contribution in [-0.2, 0) is 22.2 Å². The molecule has 0 aliphatic rings. The zero-order valence-corrected chi connectivity index (χ0v) is 21.6. The van der Waals surface area contributed by atoms with Crippen LogP contribution in [0.25, 0.3) is 10.8 Å². The van der Waals surface area contributed by atoms with Crippen LogP contribution >= 0.6 is 0 Å². The fourth-order valence-corrected chi connectivity index (χ4v) is 5.04. The van der Waals surface area contributed by atoms with Crippen LogP contribution in [-0.4, -0.2) is 34.2 Å². The Hall–Kier alpha value is -4.01. The van der Waals surface area contributed by atoms with Crippen molar-refractivity contribution in [2.24, 2.45) is 0 Å². The van der Waals surface area contributed by atoms with E-state index in [0.717, 1.165) is 27.6 Å². The molecule has 0 bridgehead atoms. The van der Waals surface area contributed by atoms with E-state index in [0.29, 0.717) is 17.9 Å². The van der Waals surface area contributed by atoms with Gasteiger partial charge in [-0.25, -0.2) is 9.00 Å². The average molecular weight is 522 g/mol. The lowest BCUT2D eigenvalue weighted by Gasteiger charge is -2.27. The van der Waals surface area contributed by atoms with Crippen molar-refractivity contribution < 1.29 is 22.1 Å². The number of benzene rings is 4. The van der Waals surface area contributed by atoms with Crippen LogP contribution in [0.3, 0.4) is 0 Å². The number of anilines is 1. The number of hydrogen-bond acceptors (Lipinski definition) is 3. The molecule has 0 aliphatic heterocycles. The lowest BCUT2D eigenvalue weighted by Crippen LogP contribution is -2.52. The second kappa shape index (κ2) is 12.8. The van der Waals surface area contributed by atoms with E-state index < -0.39 is 23.1 Å². The number of rotatable bonds is 8. The zero-order valence-electron chi connectivity index (χ0n) is 20.8. The number of nitrogens with one attached hydrogen (secondary N) is 2. The summed E-state index contributed by atoms with van der Waals surface area (Å²) in [6, 6.07) is 29.0. The highest BCUT2D eigenvalue weighted by molar-refractivity contribution is 7.83. The molecule has 7 nitrogen and oxygen atoms in total. The molecule has 3 amide bonds. The lowest BCUT2D eigenvalue weighted by molar-refractivity contribution is -0.120. The molecule has 8 heteroatoms. The van der Waals surface area contributed by atoms with Crippen molar-refractivity contribution in [1.29, 1.82) is 0 Å². The number of hydrogen-bond donors (Lipinski definition) is 2. The van der Waals surface area contributed by atoms with Crippen LogP contribution in [0.5, 0.6) is 0 Å². The molecule has 0 heterocycles. The Bertz CT molecular complexity index is 1410. The smallest absolute Gasteiger partial charge is 0.327 e. The van der Waals surface area contributed by atoms with E-state index in [1.807, 2.05) is 98.8 Å². The molecule has 0 saturated carbocycles. The maximum Gasteiger partial charge on any atom is 0.327 e. The Morgan fingerprint density at radius 2 is 1.54 bits per heavy atom. The Kier molecular flexibility index (Phi) is 9.54. The van der Waals surface area contributed by atoms with Crippen molar-refractivity contribution in [2.45, 2.75) is 31.2 Å². The van der Waals surface area contributed by atoms with Gasteiger partial charge in [0.2, 0.25) is 5.91 Å². The Morgan fingerprint density at radius 1 is 0.892 bits per heavy atom. The third-order valence-corrected chi connectivity index (χ3v) is 7.22. The van der Waals surface area contributed by atoms with E-state index in [-0.39, 0.29) is 14.2 Å². The molecular weight excluding hydrogens is 486 g/mol. The minimum Gasteiger partial charge on any atom is -0.412 e. The van der Waals surface area contributed by atoms with Crippen molar-refractivity contribution in [3.63, 3.8) is 0 Å². The Balaban J connectivity index is 0.00000253. The average Bonchev–Trinajstić information content (AvgIpc) is 2.89. The van der Waals surface area contributed by atoms with Gasteiger partial charge in [0.1, 0.15) is 6.04 Å². The van der Waals surface area contributed by atoms with Gasteiger partial charge in [-0.1, -0.05) is 78.9 Å². The molecule has 0 saturated heterocycles. The molecule has 4 aromatic carbocycles. The number of likely N-dealkylation sites (N-methyl/N-ethyl adjacent to an activating group) is 1. The lowest BCUT2D eigenvalue weighted by atomic mass is 10.0. The molecular formula is C29H35N3O4S. The molecule has 1 unspecified atom stereocenters. The van der Waals surface area contributed by atoms with Crippen molar-refractivity contribution in [3.05, 3.63) is 108 Å². The Labute approximate surface area is 222 Å². The van der Waals surface area contributed by atoms with Crippen LogP contribution in [0.1, 0.15) is 20.9 Å². The van der Waals surface area contributed by atoms with Gasteiger partial charge >= 0.3 is 6.03 Å². The molecule has 0 radical (unpaired) electrons. The summed E-state index contributed by atoms with van der Waals surface area (Å²) in [5.74, 6) is -0.242. The van der Waals surface area contributed by atoms with Gasteiger partial charge in [-0.15, -0.1) is 0 Å². The molecule has 2 atom stereocenters. The number of carbonyl (C=O) groups is 2. The van der Waals surface area contributed by atoms with E-state index in [4.69, 9.17) is 0 Å². The quantitative estimate of drug-likeness (QED) is 0.347. The minimum absolute atomic E-state index is 0. The second-order valence-electron chi connectivity index (χ2n) is 8.47. The SMILES string of the molecule is CCN(C(=O)[C@H](Cc1ccccc1)NC(=O)NS(=O)c1ccccc1C)c1ccc2ccccc2c1.O.[HH].[HH]. The molecule has 0 aromatic heterocycles. The van der Waals surface area contributed by atoms with E-state index in [1.165, 1.54) is 0 Å². The van der Waals surface area contributed by atoms with E-state index in [1.54, 1.807) is 17.0 Å². The van der Waals surface area contributed by atoms with Crippen molar-refractivity contribution in [2.75, 3.05) is 11.4 Å². The molecule has 0 spiro atoms. The summed E-state index contributed by atoms with van der Waals surface area (Å²) in [5, 5.41) is 4.89. The maximum absolute atomic E-state index is 13.8. The predicted octanol–water partition coefficient (Wildman–Crippen LogP) is 4.80. The monoisotopic (exact) mass is 521 g/mol. The number of nitrogens with zero attached hydrogens (tertiary/aromatic N) is 1. The van der Waals surface area contributed by atoms with Crippen molar-refractivity contribution >= 4 is 39.4 Å². The third-order valence-electron chi connectivity index (χ3n) is 5.99. The van der Waals surface area contributed by atoms with Crippen molar-refractivity contribution in [3.8, 4) is 0 Å². The van der Waals surface area contributed by atoms with Gasteiger partial charge in [0.05, 0.1) is 4.90 Å². The second-order valence-corrected chi connectivity index (χ2v) is 9.65. The molecule has 4 rings (SSSR count). The number of aryl methyl sites for hydroxylation is 1. The number of amides is 3. The van der Waals surface area contributed by atoms with Gasteiger partial charge < -0.3 is 15.7 Å². The van der Waals surface area contributed by atoms with Gasteiger partial charge in [-0.05, 0) is 53.9 Å². The summed E-state index contributed by atoms with van der Waals surface area (Å²) in [6.07, 6.45) is 0.300. The third kappa shape index (κ3) is 6.81. The predicted molar refractivity (Wildman–Crippen MR) is 153 cm³/mol. The topological polar surface area (TPSA) is 110 Å². The molecule has 4 aromatic rings. The summed E-state index contributed by atoms with van der Waals surface area (Å²) in [6.45, 7) is 4.16. The normalized spacial score (nSPS) is 12.2. The largest absolute Gasteiger partial charge is 0.412 e. The minimum atomic E-state index is -1.75. The fraction of sp³-hybridized carbons (Fsp3) is 0.172. The van der Waals surface area contributed by atoms with Gasteiger partial charge in [-0.3, -0.25) is 9.52 Å². The van der Waals surface area contributed by atoms with E-state index >= 15 is 0 Å². The summed E-state index contributed by atoms with van der Waals surface area (Å²) < 4.78 is 15.2. The number of fused-ring (bicyclic) bond motifs is 1. The van der Waals surface area contributed by atoms with Gasteiger partial charge in [0.15, 0.2) is 11.0 Å². The first-order valence-corrected chi connectivity index (χ1v) is 13.0. The van der Waals surface area contributed by atoms with E-state index in [9.17, 15) is 13.8 Å². The first-order chi connectivity index (χ1) is 17.5. The van der Waals surface area contributed by atoms with Crippen LogP contribution in [0.15, 0.2) is 102 Å². The summed E-state index contributed by atoms with van der Waals surface area (Å²) in [7, 11) is -1.75. The summed E-state index contributed by atoms with van der Waals surface area (Å²) in [5.41, 5.74) is 2.47. The Morgan fingerprint density at radius 3 is 2.24 bits per heavy atom. The van der Waals surface area contributed by atoms with Crippen LogP contribution in [0.4, 0.5) is 10.5 Å². The summed E-state index contributed by atoms with van der Waals surface area (Å²) >= 11 is 0. The zero-order chi connectivity index (χ0) is 25.5. The van der Waals surface area contributed by atoms with Gasteiger partial charge in [0.25, 0.3) is 0 Å². The number of urea groups is 1. The molecule has 4 N–H and O–H groups in total. The molecule has 37 heavy (non-hydrogen) atoms. The van der Waals surface area contributed by atoms with E-state index in [2.05, 4.69) is 10.0 Å². The molecule has 196 valence electrons. The first kappa shape index (κ1) is 27.6. The highest BCUT2D eigenvalue weighted by Crippen LogP contribution is 2.23.